The first-order valence-electron chi connectivity index (χ1n) is 5.66. The van der Waals surface area contributed by atoms with E-state index in [9.17, 15) is 4.21 Å². The van der Waals surface area contributed by atoms with E-state index in [1.807, 2.05) is 7.05 Å². The van der Waals surface area contributed by atoms with Gasteiger partial charge in [-0.25, -0.2) is 0 Å². The molecule has 0 aromatic heterocycles. The number of rotatable bonds is 8. The molecule has 2 nitrogen and oxygen atoms in total. The normalized spacial score (nSPS) is 17.7. The summed E-state index contributed by atoms with van der Waals surface area (Å²) in [4.78, 5) is 0. The van der Waals surface area contributed by atoms with Crippen LogP contribution in [0.25, 0.3) is 0 Å². The smallest absolute Gasteiger partial charge is 0.0317 e. The second-order valence-corrected chi connectivity index (χ2v) is 5.96. The maximum atomic E-state index is 11.6. The first-order valence-corrected chi connectivity index (χ1v) is 7.04. The van der Waals surface area contributed by atoms with Crippen LogP contribution < -0.4 is 5.32 Å². The van der Waals surface area contributed by atoms with E-state index in [2.05, 4.69) is 26.1 Å². The van der Waals surface area contributed by atoms with Crippen molar-refractivity contribution in [1.29, 1.82) is 0 Å². The zero-order chi connectivity index (χ0) is 11.0. The fourth-order valence-electron chi connectivity index (χ4n) is 1.23. The minimum atomic E-state index is -0.602. The van der Waals surface area contributed by atoms with Gasteiger partial charge in [-0.1, -0.05) is 20.3 Å². The molecular weight excluding hydrogens is 194 g/mol. The number of hydrogen-bond donors (Lipinski definition) is 1. The topological polar surface area (TPSA) is 29.1 Å². The summed E-state index contributed by atoms with van der Waals surface area (Å²) in [7, 11) is 1.39. The van der Waals surface area contributed by atoms with Gasteiger partial charge in [0.05, 0.1) is 0 Å². The molecule has 0 radical (unpaired) electrons. The quantitative estimate of drug-likeness (QED) is 0.635. The summed E-state index contributed by atoms with van der Waals surface area (Å²) >= 11 is 0. The minimum Gasteiger partial charge on any atom is -0.317 e. The van der Waals surface area contributed by atoms with Gasteiger partial charge in [0.25, 0.3) is 0 Å². The molecule has 1 N–H and O–H groups in total. The van der Waals surface area contributed by atoms with Crippen LogP contribution in [-0.4, -0.2) is 28.3 Å². The third kappa shape index (κ3) is 6.55. The fourth-order valence-corrected chi connectivity index (χ4v) is 2.49. The van der Waals surface area contributed by atoms with Gasteiger partial charge in [0.1, 0.15) is 0 Å². The summed E-state index contributed by atoms with van der Waals surface area (Å²) in [5, 5.41) is 3.58. The molecule has 3 unspecified atom stereocenters. The lowest BCUT2D eigenvalue weighted by Crippen LogP contribution is -2.21. The zero-order valence-corrected chi connectivity index (χ0v) is 10.8. The zero-order valence-electron chi connectivity index (χ0n) is 10.0. The number of unbranched alkanes of at least 4 members (excludes halogenated alkanes) is 1. The van der Waals surface area contributed by atoms with Crippen LogP contribution in [0.3, 0.4) is 0 Å². The molecule has 0 saturated heterocycles. The fraction of sp³-hybridized carbons (Fsp3) is 1.00. The molecule has 0 bridgehead atoms. The van der Waals surface area contributed by atoms with Crippen molar-refractivity contribution in [3.8, 4) is 0 Å². The van der Waals surface area contributed by atoms with Gasteiger partial charge in [0.2, 0.25) is 0 Å². The van der Waals surface area contributed by atoms with Gasteiger partial charge in [-0.05, 0) is 33.2 Å². The molecule has 0 fully saturated rings. The molecule has 0 aliphatic carbocycles. The van der Waals surface area contributed by atoms with Crippen molar-refractivity contribution in [3.05, 3.63) is 0 Å². The Balaban J connectivity index is 3.40. The van der Waals surface area contributed by atoms with Crippen LogP contribution in [0.4, 0.5) is 0 Å². The highest BCUT2D eigenvalue weighted by Gasteiger charge is 2.07. The first kappa shape index (κ1) is 14.1. The van der Waals surface area contributed by atoms with E-state index in [0.29, 0.717) is 11.3 Å². The van der Waals surface area contributed by atoms with Crippen LogP contribution in [-0.2, 0) is 10.8 Å². The lowest BCUT2D eigenvalue weighted by atomic mass is 10.1. The van der Waals surface area contributed by atoms with Gasteiger partial charge in [0.15, 0.2) is 0 Å². The van der Waals surface area contributed by atoms with E-state index in [-0.39, 0.29) is 0 Å². The molecule has 0 aliphatic rings. The molecule has 14 heavy (non-hydrogen) atoms. The molecule has 86 valence electrons. The Kier molecular flexibility index (Phi) is 8.49. The predicted octanol–water partition coefficient (Wildman–Crippen LogP) is 2.31. The molecule has 0 aliphatic heterocycles. The van der Waals surface area contributed by atoms with E-state index >= 15 is 0 Å². The van der Waals surface area contributed by atoms with Crippen molar-refractivity contribution in [2.24, 2.45) is 0 Å². The Morgan fingerprint density at radius 1 is 1.29 bits per heavy atom. The Bertz CT molecular complexity index is 161. The van der Waals surface area contributed by atoms with Crippen molar-refractivity contribution in [2.75, 3.05) is 12.8 Å². The molecular formula is C11H25NOS. The van der Waals surface area contributed by atoms with Gasteiger partial charge < -0.3 is 5.32 Å². The van der Waals surface area contributed by atoms with Gasteiger partial charge in [-0.2, -0.15) is 0 Å². The summed E-state index contributed by atoms with van der Waals surface area (Å²) < 4.78 is 11.6. The maximum absolute atomic E-state index is 11.6. The van der Waals surface area contributed by atoms with Crippen molar-refractivity contribution in [1.82, 2.24) is 5.32 Å². The standard InChI is InChI=1S/C11H25NOS/c1-5-11(3)14(13)9-7-6-8-10(2)12-4/h10-12H,5-9H2,1-4H3. The van der Waals surface area contributed by atoms with Crippen molar-refractivity contribution in [2.45, 2.75) is 57.7 Å². The number of nitrogens with one attached hydrogen (secondary N) is 1. The molecule has 0 heterocycles. The Labute approximate surface area is 91.3 Å². The highest BCUT2D eigenvalue weighted by atomic mass is 32.2. The summed E-state index contributed by atoms with van der Waals surface area (Å²) in [6.07, 6.45) is 4.50. The molecule has 0 spiro atoms. The van der Waals surface area contributed by atoms with E-state index in [1.165, 1.54) is 12.8 Å². The summed E-state index contributed by atoms with van der Waals surface area (Å²) in [6.45, 7) is 6.36. The van der Waals surface area contributed by atoms with Gasteiger partial charge >= 0.3 is 0 Å². The van der Waals surface area contributed by atoms with E-state index in [4.69, 9.17) is 0 Å². The highest BCUT2D eigenvalue weighted by Crippen LogP contribution is 2.06. The Morgan fingerprint density at radius 3 is 2.43 bits per heavy atom. The maximum Gasteiger partial charge on any atom is 0.0317 e. The van der Waals surface area contributed by atoms with Crippen LogP contribution >= 0.6 is 0 Å². The van der Waals surface area contributed by atoms with Crippen LogP contribution in [0.2, 0.25) is 0 Å². The van der Waals surface area contributed by atoms with E-state index < -0.39 is 10.8 Å². The first-order chi connectivity index (χ1) is 6.61. The lowest BCUT2D eigenvalue weighted by molar-refractivity contribution is 0.537. The van der Waals surface area contributed by atoms with Gasteiger partial charge in [-0.15, -0.1) is 0 Å². The summed E-state index contributed by atoms with van der Waals surface area (Å²) in [6, 6.07) is 0.590. The predicted molar refractivity (Wildman–Crippen MR) is 65.1 cm³/mol. The summed E-state index contributed by atoms with van der Waals surface area (Å²) in [5.74, 6) is 0.880. The van der Waals surface area contributed by atoms with Crippen molar-refractivity contribution in [3.63, 3.8) is 0 Å². The second-order valence-electron chi connectivity index (χ2n) is 3.99. The SMILES string of the molecule is CCC(C)S(=O)CCCCC(C)NC. The van der Waals surface area contributed by atoms with E-state index in [1.54, 1.807) is 0 Å². The molecule has 0 amide bonds. The molecule has 0 saturated carbocycles. The Hall–Kier alpha value is 0.110. The van der Waals surface area contributed by atoms with Crippen LogP contribution in [0, 0.1) is 0 Å². The van der Waals surface area contributed by atoms with Crippen LogP contribution in [0.15, 0.2) is 0 Å². The van der Waals surface area contributed by atoms with Crippen molar-refractivity contribution >= 4 is 10.8 Å². The summed E-state index contributed by atoms with van der Waals surface area (Å²) in [5.41, 5.74) is 0. The molecule has 0 rings (SSSR count). The van der Waals surface area contributed by atoms with Crippen LogP contribution in [0.1, 0.15) is 46.5 Å². The molecule has 3 heteroatoms. The average molecular weight is 219 g/mol. The van der Waals surface area contributed by atoms with Gasteiger partial charge in [0, 0.05) is 27.8 Å². The number of hydrogen-bond acceptors (Lipinski definition) is 2. The van der Waals surface area contributed by atoms with Gasteiger partial charge in [-0.3, -0.25) is 4.21 Å². The molecule has 3 atom stereocenters. The highest BCUT2D eigenvalue weighted by molar-refractivity contribution is 7.85. The third-order valence-corrected chi connectivity index (χ3v) is 4.67. The van der Waals surface area contributed by atoms with Crippen LogP contribution in [0.5, 0.6) is 0 Å². The monoisotopic (exact) mass is 219 g/mol. The van der Waals surface area contributed by atoms with E-state index in [0.717, 1.165) is 18.6 Å². The largest absolute Gasteiger partial charge is 0.317 e. The average Bonchev–Trinajstić information content (AvgIpc) is 2.22. The molecule has 0 aromatic rings. The second kappa shape index (κ2) is 8.42. The molecule has 0 aromatic carbocycles. The third-order valence-electron chi connectivity index (χ3n) is 2.75. The lowest BCUT2D eigenvalue weighted by Gasteiger charge is -2.11. The van der Waals surface area contributed by atoms with Crippen molar-refractivity contribution < 1.29 is 4.21 Å². The minimum absolute atomic E-state index is 0.372. The Morgan fingerprint density at radius 2 is 1.93 bits per heavy atom.